The average Bonchev–Trinajstić information content (AvgIpc) is 3.30. The van der Waals surface area contributed by atoms with Crippen molar-refractivity contribution in [3.8, 4) is 5.69 Å². The van der Waals surface area contributed by atoms with Crippen molar-refractivity contribution >= 4 is 23.3 Å². The molecule has 0 bridgehead atoms. The molecule has 1 aromatic carbocycles. The number of ketones is 1. The van der Waals surface area contributed by atoms with Gasteiger partial charge in [-0.1, -0.05) is 20.3 Å². The molecule has 10 nitrogen and oxygen atoms in total. The molecule has 1 saturated heterocycles. The molecule has 1 aliphatic heterocycles. The van der Waals surface area contributed by atoms with Crippen LogP contribution in [-0.4, -0.2) is 58.3 Å². The molecule has 5 N–H and O–H groups in total. The second-order valence-electron chi connectivity index (χ2n) is 11.6. The van der Waals surface area contributed by atoms with Gasteiger partial charge in [0.1, 0.15) is 0 Å². The molecule has 0 unspecified atom stereocenters. The average molecular weight is 579 g/mol. The maximum Gasteiger partial charge on any atom is 0.435 e. The number of halogens is 3. The Morgan fingerprint density at radius 3 is 2.54 bits per heavy atom. The van der Waals surface area contributed by atoms with E-state index in [2.05, 4.69) is 15.3 Å². The third-order valence-electron chi connectivity index (χ3n) is 7.79. The number of hydroxylamine groups is 1. The van der Waals surface area contributed by atoms with Crippen LogP contribution < -0.4 is 21.4 Å². The fourth-order valence-corrected chi connectivity index (χ4v) is 5.88. The lowest BCUT2D eigenvalue weighted by atomic mass is 9.75. The zero-order valence-corrected chi connectivity index (χ0v) is 23.3. The van der Waals surface area contributed by atoms with Crippen LogP contribution in [0.4, 0.5) is 18.9 Å². The van der Waals surface area contributed by atoms with Gasteiger partial charge in [0.05, 0.1) is 28.2 Å². The zero-order chi connectivity index (χ0) is 29.9. The van der Waals surface area contributed by atoms with Gasteiger partial charge in [0, 0.05) is 25.4 Å². The van der Waals surface area contributed by atoms with E-state index >= 15 is 0 Å². The van der Waals surface area contributed by atoms with Gasteiger partial charge in [-0.15, -0.1) is 0 Å². The molecule has 41 heavy (non-hydrogen) atoms. The number of nitrogens with zero attached hydrogens (tertiary/aromatic N) is 3. The second kappa shape index (κ2) is 12.2. The summed E-state index contributed by atoms with van der Waals surface area (Å²) < 4.78 is 43.3. The Labute approximate surface area is 236 Å². The van der Waals surface area contributed by atoms with Gasteiger partial charge in [-0.25, -0.2) is 10.2 Å². The Bertz CT molecular complexity index is 1300. The van der Waals surface area contributed by atoms with E-state index in [1.807, 2.05) is 13.8 Å². The molecule has 2 heterocycles. The summed E-state index contributed by atoms with van der Waals surface area (Å²) in [6.07, 6.45) is -0.946. The molecule has 0 atom stereocenters. The number of anilines is 1. The van der Waals surface area contributed by atoms with Crippen LogP contribution in [-0.2, 0) is 17.4 Å². The minimum atomic E-state index is -4.81. The van der Waals surface area contributed by atoms with E-state index in [0.717, 1.165) is 25.9 Å². The standard InChI is InChI=1S/C28H37F3N6O4/c1-27(2)15-21-24(22(38)16-27)25(28(29,30)31)34-37(21)18-7-8-19(26(32)40)20(14-18)36(17-9-11-33-12-10-17)13-5-3-4-6-23(39)35-41/h7-8,14,17,33,41H,3-6,9-13,15-16H2,1-2H3,(H2,32,40)(H,35,39). The number of aromatic nitrogens is 2. The second-order valence-corrected chi connectivity index (χ2v) is 11.6. The molecule has 1 fully saturated rings. The first kappa shape index (κ1) is 30.5. The van der Waals surface area contributed by atoms with Crippen LogP contribution in [0, 0.1) is 5.41 Å². The highest BCUT2D eigenvalue weighted by atomic mass is 19.4. The Hall–Kier alpha value is -3.45. The number of Topliss-reactive ketones (excluding diaryl/α,β-unsaturated/α-hetero) is 1. The molecule has 224 valence electrons. The van der Waals surface area contributed by atoms with Gasteiger partial charge in [-0.05, 0) is 68.8 Å². The van der Waals surface area contributed by atoms with Crippen molar-refractivity contribution in [3.63, 3.8) is 0 Å². The molecular formula is C28H37F3N6O4. The van der Waals surface area contributed by atoms with E-state index in [-0.39, 0.29) is 42.1 Å². The number of hydrogen-bond acceptors (Lipinski definition) is 7. The molecular weight excluding hydrogens is 541 g/mol. The van der Waals surface area contributed by atoms with Gasteiger partial charge in [-0.2, -0.15) is 18.3 Å². The number of fused-ring (bicyclic) bond motifs is 1. The summed E-state index contributed by atoms with van der Waals surface area (Å²) in [5, 5.41) is 15.9. The number of nitrogens with one attached hydrogen (secondary N) is 2. The van der Waals surface area contributed by atoms with E-state index in [1.54, 1.807) is 11.5 Å². The molecule has 1 aliphatic carbocycles. The van der Waals surface area contributed by atoms with Crippen LogP contribution in [0.25, 0.3) is 5.69 Å². The molecule has 0 spiro atoms. The predicted octanol–water partition coefficient (Wildman–Crippen LogP) is 3.77. The lowest BCUT2D eigenvalue weighted by molar-refractivity contribution is -0.141. The largest absolute Gasteiger partial charge is 0.435 e. The molecule has 2 aliphatic rings. The Morgan fingerprint density at radius 2 is 1.90 bits per heavy atom. The minimum Gasteiger partial charge on any atom is -0.368 e. The number of alkyl halides is 3. The van der Waals surface area contributed by atoms with E-state index in [0.29, 0.717) is 37.2 Å². The van der Waals surface area contributed by atoms with E-state index in [4.69, 9.17) is 10.9 Å². The van der Waals surface area contributed by atoms with Crippen molar-refractivity contribution in [1.82, 2.24) is 20.6 Å². The molecule has 4 rings (SSSR count). The number of rotatable bonds is 10. The smallest absolute Gasteiger partial charge is 0.368 e. The first-order valence-electron chi connectivity index (χ1n) is 13.9. The van der Waals surface area contributed by atoms with Gasteiger partial charge >= 0.3 is 6.18 Å². The Balaban J connectivity index is 1.77. The minimum absolute atomic E-state index is 0.00983. The molecule has 13 heteroatoms. The van der Waals surface area contributed by atoms with Crippen molar-refractivity contribution in [1.29, 1.82) is 0 Å². The monoisotopic (exact) mass is 578 g/mol. The SMILES string of the molecule is CC1(C)CC(=O)c2c(C(F)(F)F)nn(-c3ccc(C(N)=O)c(N(CCCCCC(=O)NO)C4CCNCC4)c3)c2C1. The van der Waals surface area contributed by atoms with E-state index in [1.165, 1.54) is 16.8 Å². The predicted molar refractivity (Wildman–Crippen MR) is 145 cm³/mol. The van der Waals surface area contributed by atoms with Gasteiger partial charge < -0.3 is 16.0 Å². The van der Waals surface area contributed by atoms with Gasteiger partial charge in [-0.3, -0.25) is 19.6 Å². The summed E-state index contributed by atoms with van der Waals surface area (Å²) in [7, 11) is 0. The number of piperidine rings is 1. The number of carbonyl (C=O) groups excluding carboxylic acids is 3. The first-order valence-corrected chi connectivity index (χ1v) is 13.9. The number of nitrogens with two attached hydrogens (primary N) is 1. The zero-order valence-electron chi connectivity index (χ0n) is 23.3. The summed E-state index contributed by atoms with van der Waals surface area (Å²) in [6, 6.07) is 4.70. The summed E-state index contributed by atoms with van der Waals surface area (Å²) in [4.78, 5) is 38.9. The third-order valence-corrected chi connectivity index (χ3v) is 7.79. The number of unbranched alkanes of at least 4 members (excludes halogenated alkanes) is 2. The summed E-state index contributed by atoms with van der Waals surface area (Å²) in [6.45, 7) is 5.72. The van der Waals surface area contributed by atoms with Gasteiger partial charge in [0.25, 0.3) is 5.91 Å². The number of carbonyl (C=O) groups is 3. The van der Waals surface area contributed by atoms with Crippen molar-refractivity contribution in [2.45, 2.75) is 77.4 Å². The van der Waals surface area contributed by atoms with Crippen LogP contribution in [0.15, 0.2) is 18.2 Å². The van der Waals surface area contributed by atoms with Gasteiger partial charge in [0.2, 0.25) is 5.91 Å². The van der Waals surface area contributed by atoms with E-state index in [9.17, 15) is 27.6 Å². The fourth-order valence-electron chi connectivity index (χ4n) is 5.88. The molecule has 2 amide bonds. The number of hydrogen-bond donors (Lipinski definition) is 4. The Morgan fingerprint density at radius 1 is 1.20 bits per heavy atom. The molecule has 0 radical (unpaired) electrons. The molecule has 0 saturated carbocycles. The van der Waals surface area contributed by atoms with Crippen LogP contribution in [0.2, 0.25) is 0 Å². The van der Waals surface area contributed by atoms with Crippen LogP contribution in [0.1, 0.15) is 90.9 Å². The topological polar surface area (TPSA) is 143 Å². The van der Waals surface area contributed by atoms with Crippen LogP contribution >= 0.6 is 0 Å². The van der Waals surface area contributed by atoms with Crippen molar-refractivity contribution in [2.75, 3.05) is 24.5 Å². The fraction of sp³-hybridized carbons (Fsp3) is 0.571. The molecule has 2 aromatic rings. The highest BCUT2D eigenvalue weighted by Gasteiger charge is 2.45. The summed E-state index contributed by atoms with van der Waals surface area (Å²) in [5.41, 5.74) is 6.48. The normalized spacial score (nSPS) is 17.3. The van der Waals surface area contributed by atoms with Crippen molar-refractivity contribution < 1.29 is 32.8 Å². The number of benzene rings is 1. The lowest BCUT2D eigenvalue weighted by Gasteiger charge is -2.37. The number of primary amides is 1. The quantitative estimate of drug-likeness (QED) is 0.191. The van der Waals surface area contributed by atoms with Crippen LogP contribution in [0.3, 0.4) is 0 Å². The highest BCUT2D eigenvalue weighted by molar-refractivity contribution is 6.01. The first-order chi connectivity index (χ1) is 19.3. The lowest BCUT2D eigenvalue weighted by Crippen LogP contribution is -2.44. The van der Waals surface area contributed by atoms with Crippen molar-refractivity contribution in [2.24, 2.45) is 11.1 Å². The van der Waals surface area contributed by atoms with Gasteiger partial charge in [0.15, 0.2) is 11.5 Å². The molecule has 1 aromatic heterocycles. The summed E-state index contributed by atoms with van der Waals surface area (Å²) >= 11 is 0. The maximum atomic E-state index is 14.0. The number of amides is 2. The van der Waals surface area contributed by atoms with Crippen LogP contribution in [0.5, 0.6) is 0 Å². The maximum absolute atomic E-state index is 14.0. The Kier molecular flexibility index (Phi) is 9.07. The third kappa shape index (κ3) is 6.89. The van der Waals surface area contributed by atoms with E-state index < -0.39 is 34.9 Å². The van der Waals surface area contributed by atoms with Crippen molar-refractivity contribution in [3.05, 3.63) is 40.7 Å². The highest BCUT2D eigenvalue weighted by Crippen LogP contribution is 2.42. The summed E-state index contributed by atoms with van der Waals surface area (Å²) in [5.74, 6) is -1.72.